The molecule has 1 atom stereocenters. The zero-order valence-electron chi connectivity index (χ0n) is 12.5. The Bertz CT molecular complexity index is 552. The van der Waals surface area contributed by atoms with Crippen molar-refractivity contribution in [3.63, 3.8) is 0 Å². The molecule has 1 unspecified atom stereocenters. The molecule has 1 saturated heterocycles. The van der Waals surface area contributed by atoms with Crippen molar-refractivity contribution in [3.8, 4) is 0 Å². The fourth-order valence-corrected chi connectivity index (χ4v) is 4.08. The molecule has 0 saturated carbocycles. The van der Waals surface area contributed by atoms with Crippen LogP contribution < -0.4 is 5.32 Å². The molecule has 1 fully saturated rings. The molecule has 0 aromatic heterocycles. The third-order valence-corrected chi connectivity index (χ3v) is 6.48. The van der Waals surface area contributed by atoms with E-state index in [9.17, 15) is 8.42 Å². The number of benzene rings is 1. The van der Waals surface area contributed by atoms with Crippen molar-refractivity contribution in [2.24, 2.45) is 0 Å². The standard InChI is InChI=1S/C15H23BrN2O2S/c1-3-21(19,20)18-10-8-15(9-11-18)17-12(2)13-4-6-14(16)7-5-13/h4-7,12,15,17H,3,8-11H2,1-2H3. The minimum Gasteiger partial charge on any atom is -0.307 e. The first-order valence-corrected chi connectivity index (χ1v) is 9.82. The number of halogens is 1. The van der Waals surface area contributed by atoms with E-state index >= 15 is 0 Å². The van der Waals surface area contributed by atoms with Crippen LogP contribution in [0.2, 0.25) is 0 Å². The molecule has 21 heavy (non-hydrogen) atoms. The van der Waals surface area contributed by atoms with E-state index < -0.39 is 10.0 Å². The molecular formula is C15H23BrN2O2S. The van der Waals surface area contributed by atoms with Crippen LogP contribution in [-0.4, -0.2) is 37.6 Å². The number of sulfonamides is 1. The van der Waals surface area contributed by atoms with Gasteiger partial charge in [-0.15, -0.1) is 0 Å². The molecule has 1 aliphatic rings. The second-order valence-electron chi connectivity index (χ2n) is 5.51. The first-order valence-electron chi connectivity index (χ1n) is 7.41. The maximum Gasteiger partial charge on any atom is 0.213 e. The molecule has 118 valence electrons. The van der Waals surface area contributed by atoms with Crippen molar-refractivity contribution < 1.29 is 8.42 Å². The molecule has 1 aromatic rings. The van der Waals surface area contributed by atoms with Crippen LogP contribution in [0.15, 0.2) is 28.7 Å². The first-order chi connectivity index (χ1) is 9.92. The fraction of sp³-hybridized carbons (Fsp3) is 0.600. The topological polar surface area (TPSA) is 49.4 Å². The van der Waals surface area contributed by atoms with Crippen LogP contribution in [0.4, 0.5) is 0 Å². The number of nitrogens with one attached hydrogen (secondary N) is 1. The summed E-state index contributed by atoms with van der Waals surface area (Å²) in [4.78, 5) is 0. The van der Waals surface area contributed by atoms with Crippen LogP contribution in [0, 0.1) is 0 Å². The summed E-state index contributed by atoms with van der Waals surface area (Å²) in [6.45, 7) is 5.11. The highest BCUT2D eigenvalue weighted by molar-refractivity contribution is 9.10. The summed E-state index contributed by atoms with van der Waals surface area (Å²) in [6, 6.07) is 8.97. The van der Waals surface area contributed by atoms with Crippen molar-refractivity contribution in [3.05, 3.63) is 34.3 Å². The highest BCUT2D eigenvalue weighted by Crippen LogP contribution is 2.20. The van der Waals surface area contributed by atoms with Gasteiger partial charge in [-0.2, -0.15) is 0 Å². The Morgan fingerprint density at radius 1 is 1.29 bits per heavy atom. The molecular weight excluding hydrogens is 352 g/mol. The Kier molecular flexibility index (Phi) is 5.82. The molecule has 0 aliphatic carbocycles. The Hall–Kier alpha value is -0.430. The Labute approximate surface area is 136 Å². The van der Waals surface area contributed by atoms with E-state index in [4.69, 9.17) is 0 Å². The summed E-state index contributed by atoms with van der Waals surface area (Å²) in [7, 11) is -3.03. The predicted molar refractivity (Wildman–Crippen MR) is 89.7 cm³/mol. The van der Waals surface area contributed by atoms with E-state index in [0.29, 0.717) is 19.1 Å². The van der Waals surface area contributed by atoms with Crippen molar-refractivity contribution in [2.75, 3.05) is 18.8 Å². The monoisotopic (exact) mass is 374 g/mol. The Balaban J connectivity index is 1.87. The first kappa shape index (κ1) is 16.9. The second kappa shape index (κ2) is 7.22. The number of hydrogen-bond donors (Lipinski definition) is 1. The van der Waals surface area contributed by atoms with Crippen molar-refractivity contribution in [1.29, 1.82) is 0 Å². The lowest BCUT2D eigenvalue weighted by molar-refractivity contribution is 0.277. The van der Waals surface area contributed by atoms with E-state index in [-0.39, 0.29) is 11.8 Å². The molecule has 0 bridgehead atoms. The fourth-order valence-electron chi connectivity index (χ4n) is 2.68. The second-order valence-corrected chi connectivity index (χ2v) is 8.69. The van der Waals surface area contributed by atoms with Crippen molar-refractivity contribution in [1.82, 2.24) is 9.62 Å². The summed E-state index contributed by atoms with van der Waals surface area (Å²) in [5.74, 6) is 0.195. The van der Waals surface area contributed by atoms with Gasteiger partial charge >= 0.3 is 0 Å². The van der Waals surface area contributed by atoms with Crippen molar-refractivity contribution in [2.45, 2.75) is 38.8 Å². The smallest absolute Gasteiger partial charge is 0.213 e. The van der Waals surface area contributed by atoms with Gasteiger partial charge in [0.1, 0.15) is 0 Å². The molecule has 2 rings (SSSR count). The quantitative estimate of drug-likeness (QED) is 0.861. The summed E-state index contributed by atoms with van der Waals surface area (Å²) < 4.78 is 26.4. The molecule has 6 heteroatoms. The van der Waals surface area contributed by atoms with Gasteiger partial charge in [-0.25, -0.2) is 12.7 Å². The average Bonchev–Trinajstić information content (AvgIpc) is 2.48. The normalized spacial score (nSPS) is 19.6. The molecule has 0 spiro atoms. The number of nitrogens with zero attached hydrogens (tertiary/aromatic N) is 1. The van der Waals surface area contributed by atoms with Gasteiger partial charge in [0.15, 0.2) is 0 Å². The minimum atomic E-state index is -3.03. The predicted octanol–water partition coefficient (Wildman–Crippen LogP) is 2.91. The summed E-state index contributed by atoms with van der Waals surface area (Å²) in [5, 5.41) is 3.61. The maximum absolute atomic E-state index is 11.8. The van der Waals surface area contributed by atoms with E-state index in [0.717, 1.165) is 17.3 Å². The van der Waals surface area contributed by atoms with Gasteiger partial charge in [0.2, 0.25) is 10.0 Å². The van der Waals surface area contributed by atoms with Crippen LogP contribution in [-0.2, 0) is 10.0 Å². The highest BCUT2D eigenvalue weighted by Gasteiger charge is 2.27. The third-order valence-electron chi connectivity index (χ3n) is 4.07. The molecule has 1 heterocycles. The van der Waals surface area contributed by atoms with E-state index in [1.54, 1.807) is 11.2 Å². The zero-order chi connectivity index (χ0) is 15.5. The molecule has 0 amide bonds. The number of hydrogen-bond acceptors (Lipinski definition) is 3. The van der Waals surface area contributed by atoms with Gasteiger partial charge in [-0.05, 0) is 44.4 Å². The van der Waals surface area contributed by atoms with Gasteiger partial charge in [0.05, 0.1) is 5.75 Å². The summed E-state index contributed by atoms with van der Waals surface area (Å²) in [6.07, 6.45) is 1.75. The van der Waals surface area contributed by atoms with Crippen LogP contribution in [0.1, 0.15) is 38.3 Å². The van der Waals surface area contributed by atoms with E-state index in [2.05, 4.69) is 40.3 Å². The highest BCUT2D eigenvalue weighted by atomic mass is 79.9. The molecule has 1 aromatic carbocycles. The van der Waals surface area contributed by atoms with Gasteiger partial charge in [0, 0.05) is 29.6 Å². The van der Waals surface area contributed by atoms with E-state index in [1.165, 1.54) is 5.56 Å². The number of piperidine rings is 1. The van der Waals surface area contributed by atoms with Crippen molar-refractivity contribution >= 4 is 26.0 Å². The van der Waals surface area contributed by atoms with Gasteiger partial charge < -0.3 is 5.32 Å². The maximum atomic E-state index is 11.8. The summed E-state index contributed by atoms with van der Waals surface area (Å²) in [5.41, 5.74) is 1.25. The SMILES string of the molecule is CCS(=O)(=O)N1CCC(NC(C)c2ccc(Br)cc2)CC1. The third kappa shape index (κ3) is 4.52. The van der Waals surface area contributed by atoms with Crippen LogP contribution in [0.3, 0.4) is 0 Å². The van der Waals surface area contributed by atoms with Gasteiger partial charge in [0.25, 0.3) is 0 Å². The largest absolute Gasteiger partial charge is 0.307 e. The zero-order valence-corrected chi connectivity index (χ0v) is 15.0. The van der Waals surface area contributed by atoms with Gasteiger partial charge in [-0.1, -0.05) is 28.1 Å². The molecule has 0 radical (unpaired) electrons. The lowest BCUT2D eigenvalue weighted by Gasteiger charge is -2.33. The van der Waals surface area contributed by atoms with E-state index in [1.807, 2.05) is 12.1 Å². The molecule has 1 N–H and O–H groups in total. The lowest BCUT2D eigenvalue weighted by atomic mass is 10.0. The minimum absolute atomic E-state index is 0.195. The van der Waals surface area contributed by atoms with Crippen LogP contribution >= 0.6 is 15.9 Å². The van der Waals surface area contributed by atoms with Crippen LogP contribution in [0.25, 0.3) is 0 Å². The van der Waals surface area contributed by atoms with Crippen LogP contribution in [0.5, 0.6) is 0 Å². The lowest BCUT2D eigenvalue weighted by Crippen LogP contribution is -2.45. The Morgan fingerprint density at radius 3 is 2.38 bits per heavy atom. The average molecular weight is 375 g/mol. The molecule has 4 nitrogen and oxygen atoms in total. The molecule has 1 aliphatic heterocycles. The summed E-state index contributed by atoms with van der Waals surface area (Å²) >= 11 is 3.44. The van der Waals surface area contributed by atoms with Gasteiger partial charge in [-0.3, -0.25) is 0 Å². The number of rotatable bonds is 5. The Morgan fingerprint density at radius 2 is 1.86 bits per heavy atom.